The van der Waals surface area contributed by atoms with Gasteiger partial charge in [0.15, 0.2) is 5.13 Å². The van der Waals surface area contributed by atoms with Crippen LogP contribution in [0.5, 0.6) is 0 Å². The molecule has 1 aromatic carbocycles. The van der Waals surface area contributed by atoms with Crippen molar-refractivity contribution in [2.45, 2.75) is 12.6 Å². The van der Waals surface area contributed by atoms with E-state index >= 15 is 0 Å². The zero-order valence-corrected chi connectivity index (χ0v) is 12.3. The van der Waals surface area contributed by atoms with Gasteiger partial charge in [0.1, 0.15) is 0 Å². The molecule has 0 spiro atoms. The van der Waals surface area contributed by atoms with E-state index in [-0.39, 0.29) is 12.2 Å². The molecule has 1 N–H and O–H groups in total. The minimum absolute atomic E-state index is 0.126. The molecule has 2 rings (SSSR count). The molecule has 0 fully saturated rings. The Labute approximate surface area is 129 Å². The second-order valence-corrected chi connectivity index (χ2v) is 5.33. The van der Waals surface area contributed by atoms with Crippen LogP contribution in [0.2, 0.25) is 0 Å². The Balaban J connectivity index is 1.98. The summed E-state index contributed by atoms with van der Waals surface area (Å²) < 4.78 is 38.9. The number of para-hydroxylation sites is 1. The Morgan fingerprint density at radius 3 is 2.73 bits per heavy atom. The summed E-state index contributed by atoms with van der Waals surface area (Å²) in [6.45, 7) is 0.709. The maximum atomic E-state index is 13.0. The van der Waals surface area contributed by atoms with Crippen molar-refractivity contribution in [3.05, 3.63) is 41.4 Å². The molecule has 1 heterocycles. The lowest BCUT2D eigenvalue weighted by Gasteiger charge is -2.22. The lowest BCUT2D eigenvalue weighted by Crippen LogP contribution is -2.26. The van der Waals surface area contributed by atoms with Crippen LogP contribution in [0, 0.1) is 0 Å². The summed E-state index contributed by atoms with van der Waals surface area (Å²) in [4.78, 5) is 16.2. The standard InChI is InChI=1S/C14H14F3N3OS/c15-14(16,17)11-4-1-2-5-12(11)20(10-21)8-3-6-18-13-19-7-9-22-13/h1-2,4-5,7,9-10H,3,6,8H2,(H,18,19). The molecule has 0 aliphatic heterocycles. The minimum Gasteiger partial charge on any atom is -0.361 e. The van der Waals surface area contributed by atoms with Crippen LogP contribution in [-0.4, -0.2) is 24.5 Å². The van der Waals surface area contributed by atoms with E-state index in [9.17, 15) is 18.0 Å². The van der Waals surface area contributed by atoms with Crippen molar-refractivity contribution in [3.8, 4) is 0 Å². The van der Waals surface area contributed by atoms with Gasteiger partial charge in [-0.05, 0) is 18.6 Å². The molecule has 0 saturated carbocycles. The first-order chi connectivity index (χ1) is 10.5. The second-order valence-electron chi connectivity index (χ2n) is 4.43. The first-order valence-corrected chi connectivity index (χ1v) is 7.42. The highest BCUT2D eigenvalue weighted by Crippen LogP contribution is 2.36. The van der Waals surface area contributed by atoms with Gasteiger partial charge in [-0.3, -0.25) is 4.79 Å². The van der Waals surface area contributed by atoms with Gasteiger partial charge in [0, 0.05) is 24.7 Å². The molecule has 0 unspecified atom stereocenters. The molecule has 0 aliphatic carbocycles. The Morgan fingerprint density at radius 1 is 1.32 bits per heavy atom. The van der Waals surface area contributed by atoms with E-state index in [1.54, 1.807) is 6.20 Å². The summed E-state index contributed by atoms with van der Waals surface area (Å²) in [6, 6.07) is 5.05. The number of nitrogens with one attached hydrogen (secondary N) is 1. The molecule has 4 nitrogen and oxygen atoms in total. The number of alkyl halides is 3. The van der Waals surface area contributed by atoms with E-state index in [1.165, 1.54) is 29.5 Å². The second kappa shape index (κ2) is 7.26. The van der Waals surface area contributed by atoms with Gasteiger partial charge in [0.2, 0.25) is 6.41 Å². The van der Waals surface area contributed by atoms with Gasteiger partial charge in [-0.2, -0.15) is 13.2 Å². The van der Waals surface area contributed by atoms with Crippen LogP contribution < -0.4 is 10.2 Å². The maximum Gasteiger partial charge on any atom is 0.418 e. The van der Waals surface area contributed by atoms with Gasteiger partial charge in [0.25, 0.3) is 0 Å². The summed E-state index contributed by atoms with van der Waals surface area (Å²) in [5.74, 6) is 0. The number of halogens is 3. The highest BCUT2D eigenvalue weighted by atomic mass is 32.1. The van der Waals surface area contributed by atoms with E-state index in [1.807, 2.05) is 5.38 Å². The molecule has 0 atom stereocenters. The first-order valence-electron chi connectivity index (χ1n) is 6.54. The van der Waals surface area contributed by atoms with Crippen LogP contribution in [0.25, 0.3) is 0 Å². The number of rotatable bonds is 7. The molecule has 22 heavy (non-hydrogen) atoms. The van der Waals surface area contributed by atoms with Gasteiger partial charge in [0.05, 0.1) is 11.3 Å². The Morgan fingerprint density at radius 2 is 2.09 bits per heavy atom. The Kier molecular flexibility index (Phi) is 5.37. The summed E-state index contributed by atoms with van der Waals surface area (Å²) in [6.07, 6.45) is -1.90. The zero-order chi connectivity index (χ0) is 16.0. The number of hydrogen-bond donors (Lipinski definition) is 1. The predicted molar refractivity (Wildman–Crippen MR) is 80.1 cm³/mol. The topological polar surface area (TPSA) is 45.2 Å². The van der Waals surface area contributed by atoms with Crippen LogP contribution in [0.15, 0.2) is 35.8 Å². The minimum atomic E-state index is -4.49. The highest BCUT2D eigenvalue weighted by molar-refractivity contribution is 7.13. The quantitative estimate of drug-likeness (QED) is 0.623. The number of carbonyl (C=O) groups excluding carboxylic acids is 1. The molecule has 8 heteroatoms. The molecule has 118 valence electrons. The monoisotopic (exact) mass is 329 g/mol. The molecule has 0 aliphatic rings. The molecule has 0 radical (unpaired) electrons. The van der Waals surface area contributed by atoms with Crippen molar-refractivity contribution >= 4 is 28.6 Å². The summed E-state index contributed by atoms with van der Waals surface area (Å²) in [5.41, 5.74) is -0.936. The van der Waals surface area contributed by atoms with E-state index < -0.39 is 11.7 Å². The fourth-order valence-corrected chi connectivity index (χ4v) is 2.51. The predicted octanol–water partition coefficient (Wildman–Crippen LogP) is 3.63. The number of carbonyl (C=O) groups is 1. The smallest absolute Gasteiger partial charge is 0.361 e. The molecule has 2 aromatic rings. The van der Waals surface area contributed by atoms with Gasteiger partial charge < -0.3 is 10.2 Å². The zero-order valence-electron chi connectivity index (χ0n) is 11.5. The van der Waals surface area contributed by atoms with Gasteiger partial charge in [-0.15, -0.1) is 11.3 Å². The van der Waals surface area contributed by atoms with Crippen molar-refractivity contribution in [3.63, 3.8) is 0 Å². The third-order valence-electron chi connectivity index (χ3n) is 2.93. The Bertz CT molecular complexity index is 602. The number of thiazole rings is 1. The summed E-state index contributed by atoms with van der Waals surface area (Å²) in [5, 5.41) is 5.61. The molecule has 1 aromatic heterocycles. The number of amides is 1. The fourth-order valence-electron chi connectivity index (χ4n) is 1.95. The summed E-state index contributed by atoms with van der Waals surface area (Å²) >= 11 is 1.44. The third-order valence-corrected chi connectivity index (χ3v) is 3.66. The number of anilines is 2. The van der Waals surface area contributed by atoms with E-state index in [0.29, 0.717) is 19.4 Å². The number of aromatic nitrogens is 1. The van der Waals surface area contributed by atoms with Crippen LogP contribution in [0.1, 0.15) is 12.0 Å². The van der Waals surface area contributed by atoms with Gasteiger partial charge in [-0.1, -0.05) is 12.1 Å². The SMILES string of the molecule is O=CN(CCCNc1nccs1)c1ccccc1C(F)(F)F. The van der Waals surface area contributed by atoms with E-state index in [2.05, 4.69) is 10.3 Å². The van der Waals surface area contributed by atoms with E-state index in [4.69, 9.17) is 0 Å². The van der Waals surface area contributed by atoms with Crippen LogP contribution in [0.3, 0.4) is 0 Å². The molecule has 0 bridgehead atoms. The van der Waals surface area contributed by atoms with Gasteiger partial charge in [-0.25, -0.2) is 4.98 Å². The van der Waals surface area contributed by atoms with Crippen LogP contribution >= 0.6 is 11.3 Å². The lowest BCUT2D eigenvalue weighted by molar-refractivity contribution is -0.137. The first kappa shape index (κ1) is 16.3. The van der Waals surface area contributed by atoms with E-state index in [0.717, 1.165) is 16.1 Å². The van der Waals surface area contributed by atoms with Crippen molar-refractivity contribution in [1.82, 2.24) is 4.98 Å². The fraction of sp³-hybridized carbons (Fsp3) is 0.286. The van der Waals surface area contributed by atoms with Gasteiger partial charge >= 0.3 is 6.18 Å². The number of nitrogens with zero attached hydrogens (tertiary/aromatic N) is 2. The average Bonchev–Trinajstić information content (AvgIpc) is 3.00. The highest BCUT2D eigenvalue weighted by Gasteiger charge is 2.34. The lowest BCUT2D eigenvalue weighted by atomic mass is 10.1. The van der Waals surface area contributed by atoms with Crippen molar-refractivity contribution in [1.29, 1.82) is 0 Å². The van der Waals surface area contributed by atoms with Crippen molar-refractivity contribution in [2.24, 2.45) is 0 Å². The molecular weight excluding hydrogens is 315 g/mol. The van der Waals surface area contributed by atoms with Crippen LogP contribution in [0.4, 0.5) is 24.0 Å². The van der Waals surface area contributed by atoms with Crippen LogP contribution in [-0.2, 0) is 11.0 Å². The molecule has 0 saturated heterocycles. The number of benzene rings is 1. The molecule has 1 amide bonds. The average molecular weight is 329 g/mol. The molecular formula is C14H14F3N3OS. The Hall–Kier alpha value is -2.09. The summed E-state index contributed by atoms with van der Waals surface area (Å²) in [7, 11) is 0. The maximum absolute atomic E-state index is 13.0. The third kappa shape index (κ3) is 4.20. The van der Waals surface area contributed by atoms with Crippen molar-refractivity contribution < 1.29 is 18.0 Å². The normalized spacial score (nSPS) is 11.2. The van der Waals surface area contributed by atoms with Crippen molar-refractivity contribution in [2.75, 3.05) is 23.3 Å². The largest absolute Gasteiger partial charge is 0.418 e. The number of hydrogen-bond acceptors (Lipinski definition) is 4.